The summed E-state index contributed by atoms with van der Waals surface area (Å²) in [6.45, 7) is 2.70. The first-order valence-corrected chi connectivity index (χ1v) is 10.5. The number of carbonyl (C=O) groups excluding carboxylic acids is 1. The Hall–Kier alpha value is -2.91. The van der Waals surface area contributed by atoms with E-state index in [2.05, 4.69) is 0 Å². The molecule has 0 fully saturated rings. The number of amides is 1. The van der Waals surface area contributed by atoms with Crippen LogP contribution in [0.1, 0.15) is 12.5 Å². The highest BCUT2D eigenvalue weighted by molar-refractivity contribution is 7.89. The lowest BCUT2D eigenvalue weighted by Gasteiger charge is -2.18. The lowest BCUT2D eigenvalue weighted by Crippen LogP contribution is -2.36. The van der Waals surface area contributed by atoms with Crippen molar-refractivity contribution in [2.24, 2.45) is 5.14 Å². The summed E-state index contributed by atoms with van der Waals surface area (Å²) in [5.41, 5.74) is 2.64. The maximum Gasteiger partial charge on any atom is 0.329 e. The van der Waals surface area contributed by atoms with Gasteiger partial charge in [0.1, 0.15) is 6.54 Å². The number of carbonyl (C=O) groups is 1. The van der Waals surface area contributed by atoms with E-state index in [1.54, 1.807) is 10.6 Å². The third kappa shape index (κ3) is 2.92. The van der Waals surface area contributed by atoms with Crippen molar-refractivity contribution >= 4 is 32.7 Å². The van der Waals surface area contributed by atoms with Gasteiger partial charge in [0.2, 0.25) is 15.9 Å². The SMILES string of the molecule is CCn1c(=O)n(CC(=O)N2CCc3ccc(S(N)(=O)=O)cc32)c2ccccc21. The van der Waals surface area contributed by atoms with Crippen LogP contribution in [0, 0.1) is 0 Å². The van der Waals surface area contributed by atoms with Gasteiger partial charge >= 0.3 is 5.69 Å². The summed E-state index contributed by atoms with van der Waals surface area (Å²) < 4.78 is 26.4. The molecule has 0 spiro atoms. The summed E-state index contributed by atoms with van der Waals surface area (Å²) in [5, 5.41) is 5.22. The molecular weight excluding hydrogens is 380 g/mol. The zero-order valence-corrected chi connectivity index (χ0v) is 16.1. The van der Waals surface area contributed by atoms with E-state index in [1.807, 2.05) is 31.2 Å². The van der Waals surface area contributed by atoms with Crippen molar-refractivity contribution in [1.82, 2.24) is 9.13 Å². The van der Waals surface area contributed by atoms with Crippen LogP contribution in [0.3, 0.4) is 0 Å². The summed E-state index contributed by atoms with van der Waals surface area (Å²) in [6, 6.07) is 11.9. The Labute approximate surface area is 161 Å². The molecule has 0 bridgehead atoms. The van der Waals surface area contributed by atoms with Crippen molar-refractivity contribution in [3.8, 4) is 0 Å². The molecule has 0 radical (unpaired) electrons. The standard InChI is InChI=1S/C19H20N4O4S/c1-2-21-15-5-3-4-6-16(15)23(19(21)25)12-18(24)22-10-9-13-7-8-14(11-17(13)22)28(20,26)27/h3-8,11H,2,9-10,12H2,1H3,(H2,20,26,27). The first-order valence-electron chi connectivity index (χ1n) is 8.95. The van der Waals surface area contributed by atoms with E-state index in [4.69, 9.17) is 5.14 Å². The van der Waals surface area contributed by atoms with Gasteiger partial charge in [0.25, 0.3) is 0 Å². The summed E-state index contributed by atoms with van der Waals surface area (Å²) in [4.78, 5) is 27.3. The van der Waals surface area contributed by atoms with Gasteiger partial charge in [0.05, 0.1) is 15.9 Å². The number of aromatic nitrogens is 2. The van der Waals surface area contributed by atoms with Crippen LogP contribution < -0.4 is 15.7 Å². The van der Waals surface area contributed by atoms with Crippen LogP contribution >= 0.6 is 0 Å². The van der Waals surface area contributed by atoms with Gasteiger partial charge in [-0.15, -0.1) is 0 Å². The molecule has 0 saturated carbocycles. The van der Waals surface area contributed by atoms with E-state index in [9.17, 15) is 18.0 Å². The number of hydrogen-bond acceptors (Lipinski definition) is 4. The third-order valence-corrected chi connectivity index (χ3v) is 6.03. The molecular formula is C19H20N4O4S. The van der Waals surface area contributed by atoms with E-state index in [0.29, 0.717) is 30.7 Å². The largest absolute Gasteiger partial charge is 0.329 e. The van der Waals surface area contributed by atoms with Gasteiger partial charge in [-0.25, -0.2) is 18.4 Å². The van der Waals surface area contributed by atoms with E-state index in [-0.39, 0.29) is 23.0 Å². The number of primary sulfonamides is 1. The summed E-state index contributed by atoms with van der Waals surface area (Å²) in [5.74, 6) is -0.272. The average molecular weight is 400 g/mol. The molecule has 0 aliphatic carbocycles. The molecule has 2 N–H and O–H groups in total. The molecule has 9 heteroatoms. The fourth-order valence-electron chi connectivity index (χ4n) is 3.75. The first kappa shape index (κ1) is 18.5. The van der Waals surface area contributed by atoms with Gasteiger partial charge in [0.15, 0.2) is 0 Å². The van der Waals surface area contributed by atoms with Gasteiger partial charge in [-0.05, 0) is 43.2 Å². The van der Waals surface area contributed by atoms with E-state index in [1.165, 1.54) is 21.6 Å². The van der Waals surface area contributed by atoms with Crippen LogP contribution in [0.4, 0.5) is 5.69 Å². The number of imidazole rings is 1. The Bertz CT molecular complexity index is 1260. The van der Waals surface area contributed by atoms with E-state index < -0.39 is 10.0 Å². The fraction of sp³-hybridized carbons (Fsp3) is 0.263. The smallest absolute Gasteiger partial charge is 0.310 e. The molecule has 2 aromatic carbocycles. The number of sulfonamides is 1. The Morgan fingerprint density at radius 2 is 1.79 bits per heavy atom. The highest BCUT2D eigenvalue weighted by Gasteiger charge is 2.27. The molecule has 1 aromatic heterocycles. The van der Waals surface area contributed by atoms with Crippen LogP contribution in [-0.2, 0) is 34.3 Å². The van der Waals surface area contributed by atoms with Crippen LogP contribution in [0.2, 0.25) is 0 Å². The van der Waals surface area contributed by atoms with Gasteiger partial charge in [-0.2, -0.15) is 0 Å². The lowest BCUT2D eigenvalue weighted by atomic mass is 10.2. The van der Waals surface area contributed by atoms with Crippen molar-refractivity contribution in [3.63, 3.8) is 0 Å². The molecule has 1 aliphatic rings. The molecule has 8 nitrogen and oxygen atoms in total. The summed E-state index contributed by atoms with van der Waals surface area (Å²) in [7, 11) is -3.86. The van der Waals surface area contributed by atoms with Crippen LogP contribution in [0.15, 0.2) is 52.2 Å². The molecule has 2 heterocycles. The third-order valence-electron chi connectivity index (χ3n) is 5.12. The zero-order chi connectivity index (χ0) is 20.1. The highest BCUT2D eigenvalue weighted by atomic mass is 32.2. The second-order valence-corrected chi connectivity index (χ2v) is 8.29. The minimum Gasteiger partial charge on any atom is -0.310 e. The van der Waals surface area contributed by atoms with E-state index in [0.717, 1.165) is 11.1 Å². The van der Waals surface area contributed by atoms with E-state index >= 15 is 0 Å². The Morgan fingerprint density at radius 1 is 1.11 bits per heavy atom. The van der Waals surface area contributed by atoms with Crippen LogP contribution in [-0.4, -0.2) is 30.0 Å². The monoisotopic (exact) mass is 400 g/mol. The lowest BCUT2D eigenvalue weighted by molar-refractivity contribution is -0.119. The number of nitrogens with zero attached hydrogens (tertiary/aromatic N) is 3. The van der Waals surface area contributed by atoms with Crippen molar-refractivity contribution in [1.29, 1.82) is 0 Å². The minimum absolute atomic E-state index is 0.0364. The fourth-order valence-corrected chi connectivity index (χ4v) is 4.28. The van der Waals surface area contributed by atoms with Crippen LogP contribution in [0.25, 0.3) is 11.0 Å². The molecule has 1 amide bonds. The first-order chi connectivity index (χ1) is 13.3. The number of rotatable bonds is 4. The Kier molecular flexibility index (Phi) is 4.35. The molecule has 0 saturated heterocycles. The predicted molar refractivity (Wildman–Crippen MR) is 106 cm³/mol. The maximum absolute atomic E-state index is 13.0. The predicted octanol–water partition coefficient (Wildman–Crippen LogP) is 1.06. The van der Waals surface area contributed by atoms with Gasteiger partial charge in [-0.1, -0.05) is 18.2 Å². The summed E-state index contributed by atoms with van der Waals surface area (Å²) >= 11 is 0. The Balaban J connectivity index is 1.72. The molecule has 3 aromatic rings. The molecule has 1 aliphatic heterocycles. The number of fused-ring (bicyclic) bond motifs is 2. The molecule has 146 valence electrons. The quantitative estimate of drug-likeness (QED) is 0.706. The number of aryl methyl sites for hydroxylation is 1. The molecule has 0 atom stereocenters. The number of nitrogens with two attached hydrogens (primary N) is 1. The Morgan fingerprint density at radius 3 is 2.43 bits per heavy atom. The number of hydrogen-bond donors (Lipinski definition) is 1. The second kappa shape index (κ2) is 6.61. The van der Waals surface area contributed by atoms with Crippen molar-refractivity contribution in [3.05, 3.63) is 58.5 Å². The van der Waals surface area contributed by atoms with Crippen molar-refractivity contribution in [2.75, 3.05) is 11.4 Å². The van der Waals surface area contributed by atoms with Gasteiger partial charge in [-0.3, -0.25) is 13.9 Å². The van der Waals surface area contributed by atoms with Gasteiger partial charge in [0, 0.05) is 18.8 Å². The number of para-hydroxylation sites is 2. The normalized spacial score (nSPS) is 13.9. The van der Waals surface area contributed by atoms with Gasteiger partial charge < -0.3 is 4.90 Å². The maximum atomic E-state index is 13.0. The average Bonchev–Trinajstić information content (AvgIpc) is 3.20. The minimum atomic E-state index is -3.86. The van der Waals surface area contributed by atoms with Crippen molar-refractivity contribution in [2.45, 2.75) is 31.3 Å². The second-order valence-electron chi connectivity index (χ2n) is 6.73. The number of anilines is 1. The summed E-state index contributed by atoms with van der Waals surface area (Å²) in [6.07, 6.45) is 0.623. The molecule has 4 rings (SSSR count). The molecule has 0 unspecified atom stereocenters. The topological polar surface area (TPSA) is 107 Å². The van der Waals surface area contributed by atoms with Crippen molar-refractivity contribution < 1.29 is 13.2 Å². The zero-order valence-electron chi connectivity index (χ0n) is 15.3. The highest BCUT2D eigenvalue weighted by Crippen LogP contribution is 2.30. The van der Waals surface area contributed by atoms with Crippen LogP contribution in [0.5, 0.6) is 0 Å². The molecule has 28 heavy (non-hydrogen) atoms. The number of benzene rings is 2.